The van der Waals surface area contributed by atoms with Crippen molar-refractivity contribution in [2.75, 3.05) is 0 Å². The van der Waals surface area contributed by atoms with Crippen molar-refractivity contribution in [2.45, 2.75) is 46.2 Å². The van der Waals surface area contributed by atoms with Crippen LogP contribution in [0.4, 0.5) is 0 Å². The summed E-state index contributed by atoms with van der Waals surface area (Å²) >= 11 is 0. The van der Waals surface area contributed by atoms with Gasteiger partial charge in [0.15, 0.2) is 5.82 Å². The molecule has 0 saturated heterocycles. The third kappa shape index (κ3) is 3.14. The fourth-order valence-electron chi connectivity index (χ4n) is 1.22. The first kappa shape index (κ1) is 10.2. The van der Waals surface area contributed by atoms with E-state index >= 15 is 0 Å². The van der Waals surface area contributed by atoms with Crippen molar-refractivity contribution in [2.24, 2.45) is 0 Å². The summed E-state index contributed by atoms with van der Waals surface area (Å²) in [6.07, 6.45) is 2.26. The number of hydrogen-bond acceptors (Lipinski definition) is 4. The van der Waals surface area contributed by atoms with Gasteiger partial charge in [0.25, 0.3) is 0 Å². The molecule has 13 heavy (non-hydrogen) atoms. The normalized spacial score (nSPS) is 11.1. The van der Waals surface area contributed by atoms with E-state index in [4.69, 9.17) is 4.52 Å². The SMILES string of the molecule is CCC(CC)NCc1nc(C)no1. The highest BCUT2D eigenvalue weighted by molar-refractivity contribution is 4.82. The molecule has 1 aromatic rings. The van der Waals surface area contributed by atoms with E-state index in [2.05, 4.69) is 29.3 Å². The van der Waals surface area contributed by atoms with Crippen molar-refractivity contribution in [1.29, 1.82) is 0 Å². The summed E-state index contributed by atoms with van der Waals surface area (Å²) in [5, 5.41) is 7.07. The Balaban J connectivity index is 2.33. The van der Waals surface area contributed by atoms with Crippen LogP contribution in [0.5, 0.6) is 0 Å². The second kappa shape index (κ2) is 4.97. The van der Waals surface area contributed by atoms with E-state index in [-0.39, 0.29) is 0 Å². The van der Waals surface area contributed by atoms with Gasteiger partial charge in [0.05, 0.1) is 6.54 Å². The van der Waals surface area contributed by atoms with Crippen molar-refractivity contribution >= 4 is 0 Å². The van der Waals surface area contributed by atoms with Crippen LogP contribution in [0.2, 0.25) is 0 Å². The van der Waals surface area contributed by atoms with E-state index < -0.39 is 0 Å². The van der Waals surface area contributed by atoms with Gasteiger partial charge in [-0.2, -0.15) is 4.98 Å². The predicted octanol–water partition coefficient (Wildman–Crippen LogP) is 1.66. The van der Waals surface area contributed by atoms with E-state index in [1.807, 2.05) is 6.92 Å². The third-order valence-corrected chi connectivity index (χ3v) is 2.10. The maximum Gasteiger partial charge on any atom is 0.240 e. The highest BCUT2D eigenvalue weighted by Crippen LogP contribution is 1.99. The van der Waals surface area contributed by atoms with Crippen LogP contribution in [0.15, 0.2) is 4.52 Å². The zero-order valence-electron chi connectivity index (χ0n) is 8.50. The predicted molar refractivity (Wildman–Crippen MR) is 50.2 cm³/mol. The van der Waals surface area contributed by atoms with Crippen molar-refractivity contribution in [1.82, 2.24) is 15.5 Å². The number of rotatable bonds is 5. The molecule has 1 N–H and O–H groups in total. The second-order valence-corrected chi connectivity index (χ2v) is 3.13. The van der Waals surface area contributed by atoms with Gasteiger partial charge in [-0.15, -0.1) is 0 Å². The summed E-state index contributed by atoms with van der Waals surface area (Å²) in [6, 6.07) is 0.548. The summed E-state index contributed by atoms with van der Waals surface area (Å²) in [4.78, 5) is 4.11. The lowest BCUT2D eigenvalue weighted by molar-refractivity contribution is 0.350. The standard InChI is InChI=1S/C9H17N3O/c1-4-8(5-2)10-6-9-11-7(3)12-13-9/h8,10H,4-6H2,1-3H3. The summed E-state index contributed by atoms with van der Waals surface area (Å²) in [7, 11) is 0. The molecule has 0 amide bonds. The minimum Gasteiger partial charge on any atom is -0.338 e. The molecule has 0 aliphatic heterocycles. The highest BCUT2D eigenvalue weighted by Gasteiger charge is 2.05. The lowest BCUT2D eigenvalue weighted by Crippen LogP contribution is -2.27. The zero-order valence-corrected chi connectivity index (χ0v) is 8.50. The van der Waals surface area contributed by atoms with E-state index in [0.717, 1.165) is 12.8 Å². The van der Waals surface area contributed by atoms with Gasteiger partial charge in [0, 0.05) is 6.04 Å². The quantitative estimate of drug-likeness (QED) is 0.754. The molecule has 0 aliphatic rings. The van der Waals surface area contributed by atoms with Crippen LogP contribution in [-0.4, -0.2) is 16.2 Å². The van der Waals surface area contributed by atoms with Crippen LogP contribution < -0.4 is 5.32 Å². The van der Waals surface area contributed by atoms with Crippen LogP contribution in [0, 0.1) is 6.92 Å². The fourth-order valence-corrected chi connectivity index (χ4v) is 1.22. The molecule has 4 heteroatoms. The summed E-state index contributed by atoms with van der Waals surface area (Å²) in [5.74, 6) is 1.37. The van der Waals surface area contributed by atoms with E-state index in [1.165, 1.54) is 0 Å². The molecule has 0 atom stereocenters. The van der Waals surface area contributed by atoms with Gasteiger partial charge in [-0.1, -0.05) is 19.0 Å². The van der Waals surface area contributed by atoms with Crippen molar-refractivity contribution < 1.29 is 4.52 Å². The van der Waals surface area contributed by atoms with Gasteiger partial charge in [0.1, 0.15) is 0 Å². The maximum atomic E-state index is 4.98. The summed E-state index contributed by atoms with van der Waals surface area (Å²) in [5.41, 5.74) is 0. The molecule has 0 aromatic carbocycles. The van der Waals surface area contributed by atoms with Gasteiger partial charge >= 0.3 is 0 Å². The van der Waals surface area contributed by atoms with Crippen molar-refractivity contribution in [3.63, 3.8) is 0 Å². The first-order valence-corrected chi connectivity index (χ1v) is 4.78. The first-order valence-electron chi connectivity index (χ1n) is 4.78. The molecule has 0 unspecified atom stereocenters. The first-order chi connectivity index (χ1) is 6.26. The molecule has 0 saturated carbocycles. The Bertz CT molecular complexity index is 243. The zero-order chi connectivity index (χ0) is 9.68. The largest absolute Gasteiger partial charge is 0.338 e. The highest BCUT2D eigenvalue weighted by atomic mass is 16.5. The van der Waals surface area contributed by atoms with Crippen molar-refractivity contribution in [3.8, 4) is 0 Å². The molecule has 4 nitrogen and oxygen atoms in total. The Morgan fingerprint density at radius 1 is 1.38 bits per heavy atom. The van der Waals surface area contributed by atoms with Crippen LogP contribution in [-0.2, 0) is 6.54 Å². The lowest BCUT2D eigenvalue weighted by atomic mass is 10.2. The van der Waals surface area contributed by atoms with Crippen LogP contribution in [0.1, 0.15) is 38.4 Å². The summed E-state index contributed by atoms with van der Waals surface area (Å²) < 4.78 is 4.98. The average molecular weight is 183 g/mol. The monoisotopic (exact) mass is 183 g/mol. The number of hydrogen-bond donors (Lipinski definition) is 1. The van der Waals surface area contributed by atoms with Gasteiger partial charge in [-0.25, -0.2) is 0 Å². The van der Waals surface area contributed by atoms with E-state index in [0.29, 0.717) is 24.3 Å². The number of nitrogens with zero attached hydrogens (tertiary/aromatic N) is 2. The molecule has 1 rings (SSSR count). The molecule has 0 radical (unpaired) electrons. The molecule has 74 valence electrons. The fraction of sp³-hybridized carbons (Fsp3) is 0.778. The number of aromatic nitrogens is 2. The van der Waals surface area contributed by atoms with Crippen LogP contribution >= 0.6 is 0 Å². The Kier molecular flexibility index (Phi) is 3.89. The van der Waals surface area contributed by atoms with E-state index in [9.17, 15) is 0 Å². The lowest BCUT2D eigenvalue weighted by Gasteiger charge is -2.11. The Labute approximate surface area is 78.7 Å². The molecule has 1 aromatic heterocycles. The molecule has 0 fully saturated rings. The Morgan fingerprint density at radius 3 is 2.54 bits per heavy atom. The maximum absolute atomic E-state index is 4.98. The molecular weight excluding hydrogens is 166 g/mol. The molecule has 0 aliphatic carbocycles. The minimum atomic E-state index is 0.548. The van der Waals surface area contributed by atoms with Crippen molar-refractivity contribution in [3.05, 3.63) is 11.7 Å². The van der Waals surface area contributed by atoms with Gasteiger partial charge in [-0.3, -0.25) is 0 Å². The average Bonchev–Trinajstić information content (AvgIpc) is 2.53. The minimum absolute atomic E-state index is 0.548. The van der Waals surface area contributed by atoms with Gasteiger partial charge < -0.3 is 9.84 Å². The van der Waals surface area contributed by atoms with Gasteiger partial charge in [-0.05, 0) is 19.8 Å². The Morgan fingerprint density at radius 2 is 2.08 bits per heavy atom. The topological polar surface area (TPSA) is 51.0 Å². The summed E-state index contributed by atoms with van der Waals surface area (Å²) in [6.45, 7) is 6.83. The third-order valence-electron chi connectivity index (χ3n) is 2.10. The van der Waals surface area contributed by atoms with Gasteiger partial charge in [0.2, 0.25) is 5.89 Å². The Hall–Kier alpha value is -0.900. The second-order valence-electron chi connectivity index (χ2n) is 3.13. The smallest absolute Gasteiger partial charge is 0.240 e. The van der Waals surface area contributed by atoms with E-state index in [1.54, 1.807) is 0 Å². The molecular formula is C9H17N3O. The molecule has 0 bridgehead atoms. The van der Waals surface area contributed by atoms with Crippen LogP contribution in [0.3, 0.4) is 0 Å². The van der Waals surface area contributed by atoms with Crippen LogP contribution in [0.25, 0.3) is 0 Å². The number of aryl methyl sites for hydroxylation is 1. The molecule has 0 spiro atoms. The molecule has 1 heterocycles. The number of nitrogens with one attached hydrogen (secondary N) is 1.